The van der Waals surface area contributed by atoms with Crippen molar-refractivity contribution in [3.8, 4) is 11.4 Å². The van der Waals surface area contributed by atoms with Gasteiger partial charge < -0.3 is 18.9 Å². The summed E-state index contributed by atoms with van der Waals surface area (Å²) in [6.45, 7) is 1.93. The van der Waals surface area contributed by atoms with Gasteiger partial charge in [-0.3, -0.25) is 4.79 Å². The largest absolute Gasteiger partial charge is 0.457 e. The molecule has 2 aromatic carbocycles. The molecule has 4 heterocycles. The number of ether oxygens (including phenoxy) is 2. The summed E-state index contributed by atoms with van der Waals surface area (Å²) < 4.78 is 12.9. The van der Waals surface area contributed by atoms with Crippen LogP contribution in [0.2, 0.25) is 0 Å². The molecule has 0 unspecified atom stereocenters. The lowest BCUT2D eigenvalue weighted by Gasteiger charge is -2.35. The summed E-state index contributed by atoms with van der Waals surface area (Å²) in [5, 5.41) is 0.986. The van der Waals surface area contributed by atoms with E-state index < -0.39 is 17.5 Å². The molecule has 2 aromatic heterocycles. The monoisotopic (exact) mass is 521 g/mol. The van der Waals surface area contributed by atoms with Gasteiger partial charge in [0.2, 0.25) is 5.60 Å². The third kappa shape index (κ3) is 4.00. The summed E-state index contributed by atoms with van der Waals surface area (Å²) >= 11 is 0. The maximum Gasteiger partial charge on any atom is 0.355 e. The molecule has 1 atom stereocenters. The maximum atomic E-state index is 13.6. The van der Waals surface area contributed by atoms with Crippen molar-refractivity contribution in [2.75, 3.05) is 19.0 Å². The normalized spacial score (nSPS) is 17.5. The molecule has 8 heteroatoms. The fraction of sp³-hybridized carbons (Fsp3) is 0.226. The van der Waals surface area contributed by atoms with Crippen molar-refractivity contribution >= 4 is 34.6 Å². The van der Waals surface area contributed by atoms with E-state index in [-0.39, 0.29) is 18.6 Å². The Kier molecular flexibility index (Phi) is 5.83. The Labute approximate surface area is 225 Å². The van der Waals surface area contributed by atoms with E-state index in [4.69, 9.17) is 14.5 Å². The average Bonchev–Trinajstić information content (AvgIpc) is 3.30. The molecule has 0 aliphatic carbocycles. The highest BCUT2D eigenvalue weighted by atomic mass is 16.6. The number of pyridine rings is 2. The minimum absolute atomic E-state index is 0.108. The van der Waals surface area contributed by atoms with E-state index in [0.29, 0.717) is 29.1 Å². The quantitative estimate of drug-likeness (QED) is 0.250. The lowest BCUT2D eigenvalue weighted by molar-refractivity contribution is -0.186. The first-order valence-corrected chi connectivity index (χ1v) is 12.8. The van der Waals surface area contributed by atoms with Crippen molar-refractivity contribution in [1.29, 1.82) is 0 Å². The van der Waals surface area contributed by atoms with Crippen LogP contribution in [0, 0.1) is 0 Å². The van der Waals surface area contributed by atoms with Crippen LogP contribution in [0.1, 0.15) is 35.6 Å². The number of hydrogen-bond donors (Lipinski definition) is 0. The van der Waals surface area contributed by atoms with Crippen LogP contribution in [0.25, 0.3) is 28.4 Å². The van der Waals surface area contributed by atoms with E-state index in [0.717, 1.165) is 27.7 Å². The van der Waals surface area contributed by atoms with Crippen molar-refractivity contribution in [3.63, 3.8) is 0 Å². The molecule has 196 valence electrons. The van der Waals surface area contributed by atoms with Crippen LogP contribution < -0.4 is 10.5 Å². The third-order valence-corrected chi connectivity index (χ3v) is 7.48. The fourth-order valence-corrected chi connectivity index (χ4v) is 5.34. The van der Waals surface area contributed by atoms with Crippen LogP contribution in [0.3, 0.4) is 0 Å². The van der Waals surface area contributed by atoms with Gasteiger partial charge in [0.05, 0.1) is 29.0 Å². The van der Waals surface area contributed by atoms with E-state index in [2.05, 4.69) is 0 Å². The fourth-order valence-electron chi connectivity index (χ4n) is 5.34. The number of para-hydroxylation sites is 1. The van der Waals surface area contributed by atoms with E-state index >= 15 is 0 Å². The second kappa shape index (κ2) is 9.23. The van der Waals surface area contributed by atoms with Crippen LogP contribution in [-0.2, 0) is 37.8 Å². The Bertz CT molecular complexity index is 1740. The molecular formula is C31H27N3O5. The molecule has 0 bridgehead atoms. The van der Waals surface area contributed by atoms with Crippen LogP contribution in [0.15, 0.2) is 71.5 Å². The van der Waals surface area contributed by atoms with Crippen LogP contribution in [0.5, 0.6) is 0 Å². The summed E-state index contributed by atoms with van der Waals surface area (Å²) in [7, 11) is 3.90. The summed E-state index contributed by atoms with van der Waals surface area (Å²) in [5.74, 6) is -1.40. The summed E-state index contributed by atoms with van der Waals surface area (Å²) in [6, 6.07) is 19.2. The molecule has 8 nitrogen and oxygen atoms in total. The first-order chi connectivity index (χ1) is 18.8. The van der Waals surface area contributed by atoms with Crippen molar-refractivity contribution < 1.29 is 19.1 Å². The van der Waals surface area contributed by atoms with Crippen LogP contribution in [0.4, 0.5) is 5.69 Å². The second-order valence-electron chi connectivity index (χ2n) is 10.00. The molecule has 0 radical (unpaired) electrons. The molecule has 2 aliphatic heterocycles. The topological polar surface area (TPSA) is 90.7 Å². The van der Waals surface area contributed by atoms with Gasteiger partial charge in [0, 0.05) is 42.4 Å². The molecule has 0 saturated heterocycles. The highest BCUT2D eigenvalue weighted by Crippen LogP contribution is 2.41. The number of benzene rings is 2. The zero-order valence-corrected chi connectivity index (χ0v) is 21.9. The lowest BCUT2D eigenvalue weighted by Crippen LogP contribution is -2.47. The minimum atomic E-state index is -1.74. The van der Waals surface area contributed by atoms with Gasteiger partial charge in [0.1, 0.15) is 6.61 Å². The predicted octanol–water partition coefficient (Wildman–Crippen LogP) is 4.41. The molecule has 4 aromatic rings. The van der Waals surface area contributed by atoms with E-state index in [1.54, 1.807) is 23.6 Å². The highest BCUT2D eigenvalue weighted by molar-refractivity contribution is 5.92. The summed E-state index contributed by atoms with van der Waals surface area (Å²) in [4.78, 5) is 46.7. The summed E-state index contributed by atoms with van der Waals surface area (Å²) in [6.07, 6.45) is 3.02. The number of cyclic esters (lactones) is 1. The predicted molar refractivity (Wildman–Crippen MR) is 148 cm³/mol. The zero-order chi connectivity index (χ0) is 27.3. The van der Waals surface area contributed by atoms with Crippen molar-refractivity contribution in [1.82, 2.24) is 9.55 Å². The average molecular weight is 522 g/mol. The van der Waals surface area contributed by atoms with Gasteiger partial charge in [0.25, 0.3) is 5.56 Å². The standard InChI is InChI=1S/C31H27N3O5/c1-4-31(39-27(35)14-11-19-9-12-22(13-10-19)33(2)3)24-16-26-28-21(15-20-7-5-6-8-25(20)32-28)17-34(26)29(36)23(24)18-38-30(31)37/h5-16H,4,17-18H2,1-3H3/b14-11+/t31-/m0/s1. The lowest BCUT2D eigenvalue weighted by atomic mass is 9.85. The van der Waals surface area contributed by atoms with Crippen LogP contribution >= 0.6 is 0 Å². The van der Waals surface area contributed by atoms with E-state index in [9.17, 15) is 14.4 Å². The first kappa shape index (κ1) is 24.6. The molecule has 0 fully saturated rings. The molecule has 0 saturated carbocycles. The molecular weight excluding hydrogens is 494 g/mol. The number of esters is 2. The third-order valence-electron chi connectivity index (χ3n) is 7.48. The SMILES string of the molecule is CC[C@@]1(OC(=O)/C=C/c2ccc(N(C)C)cc2)C(=O)OCc2c1cc1n(c2=O)Cc2cc3ccccc3nc2-1. The van der Waals surface area contributed by atoms with Gasteiger partial charge >= 0.3 is 11.9 Å². The molecule has 0 amide bonds. The Hall–Kier alpha value is -4.72. The smallest absolute Gasteiger partial charge is 0.355 e. The Morgan fingerprint density at radius 2 is 1.90 bits per heavy atom. The highest BCUT2D eigenvalue weighted by Gasteiger charge is 2.50. The minimum Gasteiger partial charge on any atom is -0.457 e. The maximum absolute atomic E-state index is 13.6. The molecule has 0 N–H and O–H groups in total. The van der Waals surface area contributed by atoms with Gasteiger partial charge in [-0.1, -0.05) is 37.3 Å². The zero-order valence-electron chi connectivity index (χ0n) is 21.9. The number of nitrogens with zero attached hydrogens (tertiary/aromatic N) is 3. The number of carbonyl (C=O) groups excluding carboxylic acids is 2. The molecule has 0 spiro atoms. The number of aromatic nitrogens is 2. The number of hydrogen-bond acceptors (Lipinski definition) is 7. The Morgan fingerprint density at radius 1 is 1.13 bits per heavy atom. The van der Waals surface area contributed by atoms with E-state index in [1.165, 1.54) is 6.08 Å². The van der Waals surface area contributed by atoms with Crippen molar-refractivity contribution in [3.05, 3.63) is 99.3 Å². The van der Waals surface area contributed by atoms with Crippen molar-refractivity contribution in [2.45, 2.75) is 32.1 Å². The number of fused-ring (bicyclic) bond motifs is 5. The molecule has 6 rings (SSSR count). The van der Waals surface area contributed by atoms with Gasteiger partial charge in [-0.25, -0.2) is 14.6 Å². The van der Waals surface area contributed by atoms with Gasteiger partial charge in [-0.05, 0) is 48.4 Å². The first-order valence-electron chi connectivity index (χ1n) is 12.8. The second-order valence-corrected chi connectivity index (χ2v) is 10.00. The van der Waals surface area contributed by atoms with Gasteiger partial charge in [-0.15, -0.1) is 0 Å². The summed E-state index contributed by atoms with van der Waals surface area (Å²) in [5.41, 5.74) is 3.51. The molecule has 39 heavy (non-hydrogen) atoms. The number of carbonyl (C=O) groups is 2. The molecule has 2 aliphatic rings. The van der Waals surface area contributed by atoms with Gasteiger partial charge in [-0.2, -0.15) is 0 Å². The number of anilines is 1. The van der Waals surface area contributed by atoms with Crippen molar-refractivity contribution in [2.24, 2.45) is 0 Å². The van der Waals surface area contributed by atoms with Gasteiger partial charge in [0.15, 0.2) is 0 Å². The Balaban J connectivity index is 1.39. The van der Waals surface area contributed by atoms with E-state index in [1.807, 2.05) is 73.6 Å². The van der Waals surface area contributed by atoms with Crippen LogP contribution in [-0.4, -0.2) is 35.6 Å². The number of rotatable bonds is 5. The Morgan fingerprint density at radius 3 is 2.64 bits per heavy atom.